The second-order valence-electron chi connectivity index (χ2n) is 4.65. The number of hydrogen-bond acceptors (Lipinski definition) is 5. The molecule has 1 fully saturated rings. The molecule has 1 heterocycles. The lowest BCUT2D eigenvalue weighted by Crippen LogP contribution is -2.36. The number of anilines is 1. The Morgan fingerprint density at radius 2 is 1.62 bits per heavy atom. The van der Waals surface area contributed by atoms with E-state index in [1.54, 1.807) is 26.4 Å². The minimum Gasteiger partial charge on any atom is -0.493 e. The molecule has 0 spiro atoms. The van der Waals surface area contributed by atoms with Gasteiger partial charge in [-0.1, -0.05) is 0 Å². The van der Waals surface area contributed by atoms with Gasteiger partial charge >= 0.3 is 0 Å². The summed E-state index contributed by atoms with van der Waals surface area (Å²) >= 11 is 0. The highest BCUT2D eigenvalue weighted by atomic mass is 16.5. The summed E-state index contributed by atoms with van der Waals surface area (Å²) in [6.45, 7) is 1.60. The van der Waals surface area contributed by atoms with Crippen LogP contribution in [0.2, 0.25) is 0 Å². The first kappa shape index (κ1) is 17.1. The number of nitrogens with two attached hydrogens (primary N) is 1. The first-order valence-corrected chi connectivity index (χ1v) is 6.93. The number of carbonyl (C=O) groups is 1. The lowest BCUT2D eigenvalue weighted by atomic mass is 10.1. The number of aliphatic hydroxyl groups excluding tert-OH is 1. The van der Waals surface area contributed by atoms with Gasteiger partial charge in [0.1, 0.15) is 0 Å². The van der Waals surface area contributed by atoms with E-state index in [-0.39, 0.29) is 5.91 Å². The molecule has 0 aliphatic carbocycles. The van der Waals surface area contributed by atoms with E-state index >= 15 is 0 Å². The molecule has 1 aliphatic heterocycles. The Hall–Kier alpha value is -1.95. The highest BCUT2D eigenvalue weighted by Crippen LogP contribution is 2.32. The van der Waals surface area contributed by atoms with Crippen LogP contribution < -0.4 is 15.2 Å². The van der Waals surface area contributed by atoms with Crippen molar-refractivity contribution in [3.8, 4) is 11.5 Å². The van der Waals surface area contributed by atoms with Crippen molar-refractivity contribution >= 4 is 11.6 Å². The fourth-order valence-corrected chi connectivity index (χ4v) is 2.35. The molecular formula is C15H24N2O4. The Morgan fingerprint density at radius 1 is 1.10 bits per heavy atom. The Bertz CT molecular complexity index is 471. The van der Waals surface area contributed by atoms with E-state index in [2.05, 4.69) is 0 Å². The van der Waals surface area contributed by atoms with Crippen molar-refractivity contribution in [2.24, 2.45) is 0 Å². The van der Waals surface area contributed by atoms with Crippen molar-refractivity contribution in [1.82, 2.24) is 4.90 Å². The number of amides is 1. The highest BCUT2D eigenvalue weighted by Gasteiger charge is 2.22. The second-order valence-corrected chi connectivity index (χ2v) is 4.65. The van der Waals surface area contributed by atoms with Gasteiger partial charge in [-0.2, -0.15) is 0 Å². The van der Waals surface area contributed by atoms with Crippen LogP contribution in [-0.4, -0.2) is 50.3 Å². The molecule has 6 heteroatoms. The average Bonchev–Trinajstić information content (AvgIpc) is 2.56. The molecule has 3 N–H and O–H groups in total. The number of carbonyl (C=O) groups excluding carboxylic acids is 1. The quantitative estimate of drug-likeness (QED) is 0.826. The topological polar surface area (TPSA) is 85.0 Å². The average molecular weight is 296 g/mol. The van der Waals surface area contributed by atoms with Gasteiger partial charge in [0.05, 0.1) is 19.8 Å². The molecule has 21 heavy (non-hydrogen) atoms. The van der Waals surface area contributed by atoms with Crippen molar-refractivity contribution in [2.75, 3.05) is 40.2 Å². The van der Waals surface area contributed by atoms with Crippen molar-refractivity contribution in [2.45, 2.75) is 19.3 Å². The van der Waals surface area contributed by atoms with Crippen molar-refractivity contribution in [1.29, 1.82) is 0 Å². The minimum absolute atomic E-state index is 0.0295. The van der Waals surface area contributed by atoms with Crippen LogP contribution in [0.4, 0.5) is 5.69 Å². The molecule has 118 valence electrons. The number of ether oxygens (including phenoxy) is 2. The van der Waals surface area contributed by atoms with Crippen LogP contribution in [0.3, 0.4) is 0 Å². The van der Waals surface area contributed by atoms with Crippen LogP contribution in [-0.2, 0) is 0 Å². The van der Waals surface area contributed by atoms with E-state index in [9.17, 15) is 4.79 Å². The maximum atomic E-state index is 12.4. The number of benzene rings is 1. The van der Waals surface area contributed by atoms with Gasteiger partial charge in [-0.3, -0.25) is 4.79 Å². The molecule has 1 aromatic carbocycles. The van der Waals surface area contributed by atoms with Crippen molar-refractivity contribution < 1.29 is 19.4 Å². The predicted molar refractivity (Wildman–Crippen MR) is 81.9 cm³/mol. The monoisotopic (exact) mass is 296 g/mol. The Labute approximate surface area is 125 Å². The number of aliphatic hydroxyl groups is 1. The van der Waals surface area contributed by atoms with Crippen molar-refractivity contribution in [3.05, 3.63) is 17.7 Å². The molecule has 0 unspecified atom stereocenters. The third kappa shape index (κ3) is 4.01. The lowest BCUT2D eigenvalue weighted by molar-refractivity contribution is 0.0725. The predicted octanol–water partition coefficient (Wildman–Crippen LogP) is 1.52. The Balaban J connectivity index is 0.00000106. The summed E-state index contributed by atoms with van der Waals surface area (Å²) in [7, 11) is 4.09. The zero-order valence-electron chi connectivity index (χ0n) is 12.9. The summed E-state index contributed by atoms with van der Waals surface area (Å²) in [5.74, 6) is 1.03. The maximum Gasteiger partial charge on any atom is 0.256 e. The molecular weight excluding hydrogens is 272 g/mol. The Kier molecular flexibility index (Phi) is 6.81. The summed E-state index contributed by atoms with van der Waals surface area (Å²) in [5, 5.41) is 7.00. The molecule has 0 aromatic heterocycles. The first-order valence-electron chi connectivity index (χ1n) is 6.93. The standard InChI is InChI=1S/C14H20N2O3.CH4O/c1-18-12-8-10(11(15)9-13(12)19-2)14(17)16-6-4-3-5-7-16;1-2/h8-9H,3-7,15H2,1-2H3;2H,1H3. The fraction of sp³-hybridized carbons (Fsp3) is 0.533. The van der Waals surface area contributed by atoms with Crippen molar-refractivity contribution in [3.63, 3.8) is 0 Å². The molecule has 0 bridgehead atoms. The Morgan fingerprint density at radius 3 is 2.14 bits per heavy atom. The van der Waals surface area contributed by atoms with Gasteiger partial charge in [-0.05, 0) is 25.3 Å². The molecule has 1 aromatic rings. The zero-order valence-corrected chi connectivity index (χ0v) is 12.9. The van der Waals surface area contributed by atoms with Crippen LogP contribution in [0.25, 0.3) is 0 Å². The number of methoxy groups -OCH3 is 2. The summed E-state index contributed by atoms with van der Waals surface area (Å²) in [4.78, 5) is 14.3. The minimum atomic E-state index is -0.0295. The highest BCUT2D eigenvalue weighted by molar-refractivity contribution is 6.00. The van der Waals surface area contributed by atoms with Gasteiger partial charge in [0.2, 0.25) is 0 Å². The zero-order chi connectivity index (χ0) is 15.8. The SMILES string of the molecule is CO.COc1cc(N)c(C(=O)N2CCCCC2)cc1OC. The van der Waals surface area contributed by atoms with E-state index in [0.29, 0.717) is 22.7 Å². The smallest absolute Gasteiger partial charge is 0.256 e. The molecule has 1 amide bonds. The van der Waals surface area contributed by atoms with E-state index in [1.807, 2.05) is 4.90 Å². The number of hydrogen-bond donors (Lipinski definition) is 2. The normalized spacial score (nSPS) is 14.0. The van der Waals surface area contributed by atoms with Crippen LogP contribution in [0.1, 0.15) is 29.6 Å². The van der Waals surface area contributed by atoms with Crippen LogP contribution in [0.5, 0.6) is 11.5 Å². The van der Waals surface area contributed by atoms with E-state index in [1.165, 1.54) is 6.42 Å². The van der Waals surface area contributed by atoms with Gasteiger partial charge in [0.25, 0.3) is 5.91 Å². The second kappa shape index (κ2) is 8.36. The fourth-order valence-electron chi connectivity index (χ4n) is 2.35. The van der Waals surface area contributed by atoms with Crippen LogP contribution in [0.15, 0.2) is 12.1 Å². The van der Waals surface area contributed by atoms with Gasteiger partial charge in [0.15, 0.2) is 11.5 Å². The van der Waals surface area contributed by atoms with Gasteiger partial charge in [-0.25, -0.2) is 0 Å². The van der Waals surface area contributed by atoms with E-state index < -0.39 is 0 Å². The molecule has 0 radical (unpaired) electrons. The summed E-state index contributed by atoms with van der Waals surface area (Å²) in [6, 6.07) is 3.29. The van der Waals surface area contributed by atoms with E-state index in [0.717, 1.165) is 33.0 Å². The molecule has 0 atom stereocenters. The molecule has 1 aliphatic rings. The van der Waals surface area contributed by atoms with Crippen LogP contribution >= 0.6 is 0 Å². The summed E-state index contributed by atoms with van der Waals surface area (Å²) < 4.78 is 10.4. The van der Waals surface area contributed by atoms with Gasteiger partial charge < -0.3 is 25.2 Å². The number of piperidine rings is 1. The molecule has 1 saturated heterocycles. The molecule has 6 nitrogen and oxygen atoms in total. The van der Waals surface area contributed by atoms with Gasteiger partial charge in [-0.15, -0.1) is 0 Å². The number of likely N-dealkylation sites (tertiary alicyclic amines) is 1. The lowest BCUT2D eigenvalue weighted by Gasteiger charge is -2.27. The third-order valence-corrected chi connectivity index (χ3v) is 3.43. The summed E-state index contributed by atoms with van der Waals surface area (Å²) in [6.07, 6.45) is 3.29. The van der Waals surface area contributed by atoms with Gasteiger partial charge in [0, 0.05) is 32.0 Å². The van der Waals surface area contributed by atoms with Crippen LogP contribution in [0, 0.1) is 0 Å². The maximum absolute atomic E-state index is 12.4. The first-order chi connectivity index (χ1) is 10.2. The largest absolute Gasteiger partial charge is 0.493 e. The third-order valence-electron chi connectivity index (χ3n) is 3.43. The van der Waals surface area contributed by atoms with E-state index in [4.69, 9.17) is 20.3 Å². The number of nitrogens with zero attached hydrogens (tertiary/aromatic N) is 1. The number of nitrogen functional groups attached to an aromatic ring is 1. The number of rotatable bonds is 3. The summed E-state index contributed by atoms with van der Waals surface area (Å²) in [5.41, 5.74) is 6.86. The molecule has 2 rings (SSSR count). The molecule has 0 saturated carbocycles.